The number of hydrogen-bond donors (Lipinski definition) is 0. The smallest absolute Gasteiger partial charge is 0.351 e. The summed E-state index contributed by atoms with van der Waals surface area (Å²) in [5, 5.41) is 0.532. The van der Waals surface area contributed by atoms with Gasteiger partial charge in [0.25, 0.3) is 0 Å². The molecule has 0 N–H and O–H groups in total. The van der Waals surface area contributed by atoms with E-state index in [4.69, 9.17) is 35.3 Å². The van der Waals surface area contributed by atoms with E-state index >= 15 is 0 Å². The number of hydrogen-bond acceptors (Lipinski definition) is 6. The lowest BCUT2D eigenvalue weighted by molar-refractivity contribution is -0.156. The van der Waals surface area contributed by atoms with Crippen molar-refractivity contribution in [2.24, 2.45) is 0 Å². The van der Waals surface area contributed by atoms with Crippen molar-refractivity contribution in [3.63, 3.8) is 0 Å². The zero-order chi connectivity index (χ0) is 17.2. The van der Waals surface area contributed by atoms with Gasteiger partial charge in [-0.25, -0.2) is 4.79 Å². The summed E-state index contributed by atoms with van der Waals surface area (Å²) in [6, 6.07) is 10.7. The largest absolute Gasteiger partial charge is 0.485 e. The molecule has 0 saturated carbocycles. The summed E-state index contributed by atoms with van der Waals surface area (Å²) >= 11 is 6.11. The van der Waals surface area contributed by atoms with Crippen molar-refractivity contribution in [2.75, 3.05) is 13.4 Å². The van der Waals surface area contributed by atoms with E-state index in [0.29, 0.717) is 34.4 Å². The molecule has 0 aliphatic carbocycles. The van der Waals surface area contributed by atoms with Crippen molar-refractivity contribution < 1.29 is 28.5 Å². The number of fused-ring (bicyclic) bond motifs is 2. The van der Waals surface area contributed by atoms with E-state index < -0.39 is 12.1 Å². The van der Waals surface area contributed by atoms with Gasteiger partial charge in [0.15, 0.2) is 18.3 Å². The maximum absolute atomic E-state index is 12.3. The first-order valence-corrected chi connectivity index (χ1v) is 8.15. The van der Waals surface area contributed by atoms with Gasteiger partial charge in [-0.1, -0.05) is 23.7 Å². The Morgan fingerprint density at radius 3 is 2.92 bits per heavy atom. The number of rotatable bonds is 3. The van der Waals surface area contributed by atoms with E-state index in [0.717, 1.165) is 5.56 Å². The van der Waals surface area contributed by atoms with Crippen molar-refractivity contribution in [1.82, 2.24) is 0 Å². The molecule has 0 spiro atoms. The molecule has 0 amide bonds. The highest BCUT2D eigenvalue weighted by Gasteiger charge is 2.29. The van der Waals surface area contributed by atoms with Crippen LogP contribution in [0.2, 0.25) is 5.02 Å². The van der Waals surface area contributed by atoms with E-state index in [1.54, 1.807) is 24.3 Å². The zero-order valence-corrected chi connectivity index (χ0v) is 14.0. The van der Waals surface area contributed by atoms with Gasteiger partial charge < -0.3 is 23.7 Å². The highest BCUT2D eigenvalue weighted by atomic mass is 35.5. The van der Waals surface area contributed by atoms with Crippen LogP contribution < -0.4 is 14.2 Å². The van der Waals surface area contributed by atoms with Crippen LogP contribution in [0.25, 0.3) is 0 Å². The fourth-order valence-electron chi connectivity index (χ4n) is 2.74. The molecule has 2 aliphatic heterocycles. The van der Waals surface area contributed by atoms with Crippen LogP contribution in [0.15, 0.2) is 36.4 Å². The third-order valence-electron chi connectivity index (χ3n) is 3.89. The lowest BCUT2D eigenvalue weighted by Crippen LogP contribution is -2.37. The first kappa shape index (κ1) is 16.1. The predicted octanol–water partition coefficient (Wildman–Crippen LogP) is 3.09. The molecule has 0 bridgehead atoms. The fourth-order valence-corrected chi connectivity index (χ4v) is 3.00. The average molecular weight is 363 g/mol. The molecule has 0 radical (unpaired) electrons. The molecule has 2 aromatic carbocycles. The molecule has 2 aliphatic rings. The monoisotopic (exact) mass is 362 g/mol. The van der Waals surface area contributed by atoms with Crippen LogP contribution in [0.4, 0.5) is 0 Å². The Morgan fingerprint density at radius 2 is 2.04 bits per heavy atom. The normalized spacial score (nSPS) is 18.0. The van der Waals surface area contributed by atoms with Crippen LogP contribution in [0.1, 0.15) is 11.1 Å². The summed E-state index contributed by atoms with van der Waals surface area (Å²) < 4.78 is 27.3. The Labute approximate surface area is 149 Å². The summed E-state index contributed by atoms with van der Waals surface area (Å²) in [5.41, 5.74) is 1.52. The van der Waals surface area contributed by atoms with Gasteiger partial charge in [0.2, 0.25) is 6.10 Å². The number of ether oxygens (including phenoxy) is 5. The molecule has 130 valence electrons. The van der Waals surface area contributed by atoms with E-state index in [9.17, 15) is 4.79 Å². The topological polar surface area (TPSA) is 63.2 Å². The molecular formula is C18H15ClO6. The van der Waals surface area contributed by atoms with Gasteiger partial charge >= 0.3 is 5.97 Å². The van der Waals surface area contributed by atoms with Gasteiger partial charge in [-0.3, -0.25) is 0 Å². The first-order chi connectivity index (χ1) is 12.2. The number of carbonyl (C=O) groups is 1. The van der Waals surface area contributed by atoms with Crippen molar-refractivity contribution >= 4 is 17.6 Å². The maximum atomic E-state index is 12.3. The molecule has 2 heterocycles. The van der Waals surface area contributed by atoms with Crippen LogP contribution in [-0.2, 0) is 27.5 Å². The lowest BCUT2D eigenvalue weighted by atomic mass is 10.1. The van der Waals surface area contributed by atoms with E-state index in [1.807, 2.05) is 12.1 Å². The highest BCUT2D eigenvalue weighted by Crippen LogP contribution is 2.33. The summed E-state index contributed by atoms with van der Waals surface area (Å²) in [6.07, 6.45) is -0.811. The van der Waals surface area contributed by atoms with E-state index in [-0.39, 0.29) is 20.0 Å². The van der Waals surface area contributed by atoms with Gasteiger partial charge in [-0.05, 0) is 24.3 Å². The fraction of sp³-hybridized carbons (Fsp3) is 0.278. The maximum Gasteiger partial charge on any atom is 0.351 e. The molecule has 0 unspecified atom stereocenters. The molecule has 2 aromatic rings. The third-order valence-corrected chi connectivity index (χ3v) is 4.11. The Bertz CT molecular complexity index is 806. The summed E-state index contributed by atoms with van der Waals surface area (Å²) in [6.45, 7) is 0.705. The molecule has 0 aromatic heterocycles. The molecule has 7 heteroatoms. The molecule has 0 fully saturated rings. The molecular weight excluding hydrogens is 348 g/mol. The van der Waals surface area contributed by atoms with Crippen LogP contribution in [0.5, 0.6) is 17.2 Å². The zero-order valence-electron chi connectivity index (χ0n) is 13.2. The minimum absolute atomic E-state index is 0.0310. The Morgan fingerprint density at radius 1 is 1.20 bits per heavy atom. The van der Waals surface area contributed by atoms with Crippen molar-refractivity contribution in [1.29, 1.82) is 0 Å². The second kappa shape index (κ2) is 6.82. The SMILES string of the molecule is O=C(OCc1cc(Cl)cc2c1OCOC2)[C@H]1COc2ccccc2O1. The minimum Gasteiger partial charge on any atom is -0.485 e. The first-order valence-electron chi connectivity index (χ1n) is 7.77. The van der Waals surface area contributed by atoms with Crippen LogP contribution in [0, 0.1) is 0 Å². The van der Waals surface area contributed by atoms with Crippen molar-refractivity contribution in [2.45, 2.75) is 19.3 Å². The quantitative estimate of drug-likeness (QED) is 0.782. The summed E-state index contributed by atoms with van der Waals surface area (Å²) in [5.74, 6) is 1.28. The average Bonchev–Trinajstić information content (AvgIpc) is 2.65. The van der Waals surface area contributed by atoms with Gasteiger partial charge in [0.05, 0.1) is 6.61 Å². The Kier molecular flexibility index (Phi) is 4.38. The van der Waals surface area contributed by atoms with Crippen LogP contribution in [-0.4, -0.2) is 25.5 Å². The van der Waals surface area contributed by atoms with Crippen molar-refractivity contribution in [3.05, 3.63) is 52.5 Å². The lowest BCUT2D eigenvalue weighted by Gasteiger charge is -2.25. The number of halogens is 1. The number of para-hydroxylation sites is 2. The standard InChI is InChI=1S/C18H15ClO6/c19-13-5-11-7-21-10-24-17(11)12(6-13)8-23-18(20)16-9-22-14-3-1-2-4-15(14)25-16/h1-6,16H,7-10H2/t16-/m1/s1. The number of esters is 1. The third kappa shape index (κ3) is 3.36. The summed E-state index contributed by atoms with van der Waals surface area (Å²) in [4.78, 5) is 12.3. The second-order valence-corrected chi connectivity index (χ2v) is 6.07. The van der Waals surface area contributed by atoms with Crippen LogP contribution >= 0.6 is 11.6 Å². The second-order valence-electron chi connectivity index (χ2n) is 5.64. The van der Waals surface area contributed by atoms with Crippen molar-refractivity contribution in [3.8, 4) is 17.2 Å². The molecule has 25 heavy (non-hydrogen) atoms. The van der Waals surface area contributed by atoms with E-state index in [2.05, 4.69) is 0 Å². The predicted molar refractivity (Wildman–Crippen MR) is 87.9 cm³/mol. The van der Waals surface area contributed by atoms with Crippen LogP contribution in [0.3, 0.4) is 0 Å². The Hall–Kier alpha value is -2.44. The van der Waals surface area contributed by atoms with Gasteiger partial charge in [0.1, 0.15) is 19.0 Å². The molecule has 0 saturated heterocycles. The van der Waals surface area contributed by atoms with Gasteiger partial charge in [0, 0.05) is 16.1 Å². The van der Waals surface area contributed by atoms with E-state index in [1.165, 1.54) is 0 Å². The minimum atomic E-state index is -0.811. The molecule has 4 rings (SSSR count). The summed E-state index contributed by atoms with van der Waals surface area (Å²) in [7, 11) is 0. The Balaban J connectivity index is 1.44. The van der Waals surface area contributed by atoms with Gasteiger partial charge in [-0.2, -0.15) is 0 Å². The molecule has 6 nitrogen and oxygen atoms in total. The highest BCUT2D eigenvalue weighted by molar-refractivity contribution is 6.30. The number of carbonyl (C=O) groups excluding carboxylic acids is 1. The molecule has 1 atom stereocenters. The van der Waals surface area contributed by atoms with Gasteiger partial charge in [-0.15, -0.1) is 0 Å². The number of benzene rings is 2.